The molecule has 3 aromatic rings. The summed E-state index contributed by atoms with van der Waals surface area (Å²) in [5, 5.41) is 14.4. The molecule has 0 aliphatic heterocycles. The standard InChI is InChI=1S/C16H17N3O2S/c1-9-4-5-12(22-9)8-19-16-14(7-17-19)10(2)13(6-15(20)21)11(3)18-16/h4-5,7H,6,8H2,1-3H3,(H,20,21). The summed E-state index contributed by atoms with van der Waals surface area (Å²) in [6.45, 7) is 6.57. The molecule has 0 aliphatic rings. The van der Waals surface area contributed by atoms with Crippen LogP contribution in [0.3, 0.4) is 0 Å². The maximum atomic E-state index is 11.0. The largest absolute Gasteiger partial charge is 0.481 e. The molecule has 5 nitrogen and oxygen atoms in total. The molecule has 0 amide bonds. The molecule has 0 aliphatic carbocycles. The maximum Gasteiger partial charge on any atom is 0.307 e. The number of carboxylic acid groups (broad SMARTS) is 1. The number of fused-ring (bicyclic) bond motifs is 1. The number of hydrogen-bond donors (Lipinski definition) is 1. The van der Waals surface area contributed by atoms with E-state index in [4.69, 9.17) is 5.11 Å². The molecule has 22 heavy (non-hydrogen) atoms. The lowest BCUT2D eigenvalue weighted by atomic mass is 10.0. The van der Waals surface area contributed by atoms with Gasteiger partial charge in [-0.25, -0.2) is 9.67 Å². The molecule has 0 saturated carbocycles. The summed E-state index contributed by atoms with van der Waals surface area (Å²) in [4.78, 5) is 18.1. The first kappa shape index (κ1) is 14.7. The Kier molecular flexibility index (Phi) is 3.70. The second kappa shape index (κ2) is 5.53. The lowest BCUT2D eigenvalue weighted by molar-refractivity contribution is -0.136. The van der Waals surface area contributed by atoms with Crippen LogP contribution in [0.1, 0.15) is 26.6 Å². The summed E-state index contributed by atoms with van der Waals surface area (Å²) in [5.41, 5.74) is 3.32. The number of hydrogen-bond acceptors (Lipinski definition) is 4. The molecular formula is C16H17N3O2S. The third-order valence-electron chi connectivity index (χ3n) is 3.81. The zero-order valence-electron chi connectivity index (χ0n) is 12.8. The van der Waals surface area contributed by atoms with Crippen molar-refractivity contribution in [3.8, 4) is 0 Å². The Morgan fingerprint density at radius 3 is 2.73 bits per heavy atom. The average Bonchev–Trinajstić information content (AvgIpc) is 3.02. The Balaban J connectivity index is 2.06. The van der Waals surface area contributed by atoms with E-state index in [9.17, 15) is 4.79 Å². The Morgan fingerprint density at radius 1 is 1.32 bits per heavy atom. The Labute approximate surface area is 132 Å². The third-order valence-corrected chi connectivity index (χ3v) is 4.79. The van der Waals surface area contributed by atoms with Crippen molar-refractivity contribution in [1.29, 1.82) is 0 Å². The van der Waals surface area contributed by atoms with Crippen molar-refractivity contribution in [3.05, 3.63) is 44.9 Å². The minimum atomic E-state index is -0.839. The van der Waals surface area contributed by atoms with Crippen LogP contribution in [-0.4, -0.2) is 25.8 Å². The second-order valence-corrected chi connectivity index (χ2v) is 6.80. The van der Waals surface area contributed by atoms with Gasteiger partial charge in [0, 0.05) is 20.8 Å². The van der Waals surface area contributed by atoms with Gasteiger partial charge in [0.05, 0.1) is 19.2 Å². The van der Waals surface area contributed by atoms with Gasteiger partial charge in [0.25, 0.3) is 0 Å². The van der Waals surface area contributed by atoms with Crippen molar-refractivity contribution >= 4 is 28.3 Å². The summed E-state index contributed by atoms with van der Waals surface area (Å²) >= 11 is 1.75. The average molecular weight is 315 g/mol. The lowest BCUT2D eigenvalue weighted by Gasteiger charge is -2.09. The van der Waals surface area contributed by atoms with Crippen LogP contribution in [0.25, 0.3) is 11.0 Å². The summed E-state index contributed by atoms with van der Waals surface area (Å²) in [6, 6.07) is 4.20. The molecule has 0 aromatic carbocycles. The van der Waals surface area contributed by atoms with Crippen LogP contribution in [0, 0.1) is 20.8 Å². The molecule has 3 rings (SSSR count). The molecule has 0 unspecified atom stereocenters. The number of carboxylic acids is 1. The fraction of sp³-hybridized carbons (Fsp3) is 0.312. The van der Waals surface area contributed by atoms with Gasteiger partial charge in [0.1, 0.15) is 0 Å². The van der Waals surface area contributed by atoms with Gasteiger partial charge >= 0.3 is 5.97 Å². The van der Waals surface area contributed by atoms with Crippen LogP contribution in [0.4, 0.5) is 0 Å². The normalized spacial score (nSPS) is 11.2. The lowest BCUT2D eigenvalue weighted by Crippen LogP contribution is -2.08. The van der Waals surface area contributed by atoms with E-state index >= 15 is 0 Å². The molecule has 0 radical (unpaired) electrons. The van der Waals surface area contributed by atoms with Gasteiger partial charge in [-0.15, -0.1) is 11.3 Å². The molecule has 6 heteroatoms. The number of aromatic nitrogens is 3. The maximum absolute atomic E-state index is 11.0. The fourth-order valence-corrected chi connectivity index (χ4v) is 3.54. The van der Waals surface area contributed by atoms with Crippen molar-refractivity contribution in [2.24, 2.45) is 0 Å². The minimum absolute atomic E-state index is 0.00406. The van der Waals surface area contributed by atoms with Gasteiger partial charge in [-0.05, 0) is 44.0 Å². The van der Waals surface area contributed by atoms with E-state index in [0.717, 1.165) is 27.9 Å². The van der Waals surface area contributed by atoms with E-state index in [-0.39, 0.29) is 6.42 Å². The van der Waals surface area contributed by atoms with Crippen LogP contribution >= 0.6 is 11.3 Å². The van der Waals surface area contributed by atoms with Crippen LogP contribution in [0.2, 0.25) is 0 Å². The monoisotopic (exact) mass is 315 g/mol. The van der Waals surface area contributed by atoms with Gasteiger partial charge in [-0.1, -0.05) is 0 Å². The zero-order chi connectivity index (χ0) is 15.9. The summed E-state index contributed by atoms with van der Waals surface area (Å²) in [5.74, 6) is -0.839. The molecule has 114 valence electrons. The second-order valence-electron chi connectivity index (χ2n) is 5.42. The smallest absolute Gasteiger partial charge is 0.307 e. The first-order valence-electron chi connectivity index (χ1n) is 7.04. The molecule has 0 atom stereocenters. The van der Waals surface area contributed by atoms with Gasteiger partial charge in [-0.2, -0.15) is 5.10 Å². The Bertz CT molecular complexity index is 864. The zero-order valence-corrected chi connectivity index (χ0v) is 13.6. The SMILES string of the molecule is Cc1ccc(Cn2ncc3c(C)c(CC(=O)O)c(C)nc32)s1. The molecule has 0 bridgehead atoms. The van der Waals surface area contributed by atoms with Crippen LogP contribution in [-0.2, 0) is 17.8 Å². The molecular weight excluding hydrogens is 298 g/mol. The van der Waals surface area contributed by atoms with E-state index < -0.39 is 5.97 Å². The highest BCUT2D eigenvalue weighted by atomic mass is 32.1. The van der Waals surface area contributed by atoms with Gasteiger partial charge in [0.15, 0.2) is 5.65 Å². The molecule has 3 heterocycles. The Hall–Kier alpha value is -2.21. The number of pyridine rings is 1. The topological polar surface area (TPSA) is 68.0 Å². The van der Waals surface area contributed by atoms with Crippen molar-refractivity contribution in [2.75, 3.05) is 0 Å². The van der Waals surface area contributed by atoms with Crippen molar-refractivity contribution in [2.45, 2.75) is 33.7 Å². The number of rotatable bonds is 4. The summed E-state index contributed by atoms with van der Waals surface area (Å²) < 4.78 is 1.88. The molecule has 0 saturated heterocycles. The molecule has 1 N–H and O–H groups in total. The van der Waals surface area contributed by atoms with Crippen molar-refractivity contribution < 1.29 is 9.90 Å². The van der Waals surface area contributed by atoms with Crippen LogP contribution in [0.15, 0.2) is 18.3 Å². The van der Waals surface area contributed by atoms with Crippen LogP contribution in [0.5, 0.6) is 0 Å². The van der Waals surface area contributed by atoms with E-state index in [2.05, 4.69) is 29.1 Å². The van der Waals surface area contributed by atoms with Gasteiger partial charge < -0.3 is 5.11 Å². The highest BCUT2D eigenvalue weighted by molar-refractivity contribution is 7.11. The van der Waals surface area contributed by atoms with E-state index in [1.54, 1.807) is 17.5 Å². The number of carbonyl (C=O) groups is 1. The number of aryl methyl sites for hydroxylation is 3. The summed E-state index contributed by atoms with van der Waals surface area (Å²) in [7, 11) is 0. The molecule has 3 aromatic heterocycles. The molecule has 0 spiro atoms. The highest BCUT2D eigenvalue weighted by Gasteiger charge is 2.15. The van der Waals surface area contributed by atoms with Gasteiger partial charge in [0.2, 0.25) is 0 Å². The van der Waals surface area contributed by atoms with Crippen molar-refractivity contribution in [3.63, 3.8) is 0 Å². The minimum Gasteiger partial charge on any atom is -0.481 e. The van der Waals surface area contributed by atoms with E-state index in [1.165, 1.54) is 9.75 Å². The summed E-state index contributed by atoms with van der Waals surface area (Å²) in [6.07, 6.45) is 1.78. The van der Waals surface area contributed by atoms with E-state index in [1.807, 2.05) is 18.5 Å². The third kappa shape index (κ3) is 2.62. The predicted molar refractivity (Wildman–Crippen MR) is 86.5 cm³/mol. The first-order valence-corrected chi connectivity index (χ1v) is 7.86. The highest BCUT2D eigenvalue weighted by Crippen LogP contribution is 2.24. The number of thiophene rings is 1. The number of aliphatic carboxylic acids is 1. The van der Waals surface area contributed by atoms with Crippen LogP contribution < -0.4 is 0 Å². The molecule has 0 fully saturated rings. The van der Waals surface area contributed by atoms with Crippen molar-refractivity contribution in [1.82, 2.24) is 14.8 Å². The van der Waals surface area contributed by atoms with E-state index in [0.29, 0.717) is 6.54 Å². The predicted octanol–water partition coefficient (Wildman–Crippen LogP) is 3.09. The fourth-order valence-electron chi connectivity index (χ4n) is 2.67. The quantitative estimate of drug-likeness (QED) is 0.803. The number of nitrogens with zero attached hydrogens (tertiary/aromatic N) is 3. The van der Waals surface area contributed by atoms with Gasteiger partial charge in [-0.3, -0.25) is 4.79 Å². The Morgan fingerprint density at radius 2 is 2.09 bits per heavy atom. The first-order chi connectivity index (χ1) is 10.5.